The van der Waals surface area contributed by atoms with E-state index in [0.29, 0.717) is 17.8 Å². The molecule has 0 saturated heterocycles. The van der Waals surface area contributed by atoms with Crippen LogP contribution in [0.5, 0.6) is 0 Å². The number of aryl methyl sites for hydroxylation is 1. The van der Waals surface area contributed by atoms with Crippen molar-refractivity contribution in [3.63, 3.8) is 0 Å². The molecule has 0 spiro atoms. The standard InChI is InChI=1S/C21H22N2O3S/c1-23(21(25)12-11-19(24)20-10-6-14-27-20)13-5-9-17-15-18(22-26-17)16-7-3-2-4-8-16/h2-4,6-8,10,14-15H,5,9,11-13H2,1H3. The summed E-state index contributed by atoms with van der Waals surface area (Å²) in [5.41, 5.74) is 1.84. The molecule has 0 unspecified atom stereocenters. The Kier molecular flexibility index (Phi) is 6.54. The Labute approximate surface area is 162 Å². The van der Waals surface area contributed by atoms with Crippen LogP contribution in [0.4, 0.5) is 0 Å². The third kappa shape index (κ3) is 5.37. The van der Waals surface area contributed by atoms with E-state index in [1.807, 2.05) is 47.8 Å². The lowest BCUT2D eigenvalue weighted by Gasteiger charge is -2.16. The first-order valence-corrected chi connectivity index (χ1v) is 9.83. The fourth-order valence-corrected chi connectivity index (χ4v) is 3.46. The first kappa shape index (κ1) is 19.0. The summed E-state index contributed by atoms with van der Waals surface area (Å²) in [6.07, 6.45) is 2.00. The van der Waals surface area contributed by atoms with Crippen molar-refractivity contribution in [2.24, 2.45) is 0 Å². The lowest BCUT2D eigenvalue weighted by atomic mass is 10.1. The quantitative estimate of drug-likeness (QED) is 0.513. The van der Waals surface area contributed by atoms with E-state index >= 15 is 0 Å². The normalized spacial score (nSPS) is 10.7. The van der Waals surface area contributed by atoms with Gasteiger partial charge in [-0.1, -0.05) is 41.6 Å². The minimum atomic E-state index is -0.0116. The highest BCUT2D eigenvalue weighted by atomic mass is 32.1. The van der Waals surface area contributed by atoms with Gasteiger partial charge in [0.1, 0.15) is 11.5 Å². The van der Waals surface area contributed by atoms with Crippen molar-refractivity contribution in [3.05, 3.63) is 64.5 Å². The number of carbonyl (C=O) groups is 2. The largest absolute Gasteiger partial charge is 0.361 e. The lowest BCUT2D eigenvalue weighted by Crippen LogP contribution is -2.28. The molecular weight excluding hydrogens is 360 g/mol. The van der Waals surface area contributed by atoms with Crippen molar-refractivity contribution < 1.29 is 14.1 Å². The van der Waals surface area contributed by atoms with Crippen LogP contribution in [0.2, 0.25) is 0 Å². The molecule has 140 valence electrons. The van der Waals surface area contributed by atoms with E-state index in [2.05, 4.69) is 5.16 Å². The summed E-state index contributed by atoms with van der Waals surface area (Å²) in [4.78, 5) is 26.6. The summed E-state index contributed by atoms with van der Waals surface area (Å²) < 4.78 is 5.38. The van der Waals surface area contributed by atoms with Crippen LogP contribution in [0.15, 0.2) is 58.4 Å². The van der Waals surface area contributed by atoms with Crippen molar-refractivity contribution in [2.75, 3.05) is 13.6 Å². The van der Waals surface area contributed by atoms with Gasteiger partial charge in [0.2, 0.25) is 5.91 Å². The van der Waals surface area contributed by atoms with Crippen LogP contribution in [0.1, 0.15) is 34.7 Å². The minimum absolute atomic E-state index is 0.0116. The second-order valence-electron chi connectivity index (χ2n) is 6.36. The van der Waals surface area contributed by atoms with Gasteiger partial charge in [0, 0.05) is 44.5 Å². The predicted octanol–water partition coefficient (Wildman–Crippen LogP) is 4.46. The van der Waals surface area contributed by atoms with Gasteiger partial charge in [-0.3, -0.25) is 9.59 Å². The zero-order valence-electron chi connectivity index (χ0n) is 15.3. The molecule has 6 heteroatoms. The van der Waals surface area contributed by atoms with Crippen molar-refractivity contribution in [2.45, 2.75) is 25.7 Å². The maximum atomic E-state index is 12.2. The van der Waals surface area contributed by atoms with Gasteiger partial charge < -0.3 is 9.42 Å². The maximum absolute atomic E-state index is 12.2. The molecular formula is C21H22N2O3S. The molecule has 3 rings (SSSR count). The lowest BCUT2D eigenvalue weighted by molar-refractivity contribution is -0.129. The molecule has 0 atom stereocenters. The number of hydrogen-bond acceptors (Lipinski definition) is 5. The predicted molar refractivity (Wildman–Crippen MR) is 106 cm³/mol. The number of carbonyl (C=O) groups excluding carboxylic acids is 2. The number of nitrogens with zero attached hydrogens (tertiary/aromatic N) is 2. The third-order valence-electron chi connectivity index (χ3n) is 4.33. The Bertz CT molecular complexity index is 872. The van der Waals surface area contributed by atoms with Gasteiger partial charge in [-0.05, 0) is 17.9 Å². The molecule has 5 nitrogen and oxygen atoms in total. The molecule has 0 bridgehead atoms. The van der Waals surface area contributed by atoms with E-state index in [0.717, 1.165) is 23.4 Å². The number of aromatic nitrogens is 1. The highest BCUT2D eigenvalue weighted by Gasteiger charge is 2.14. The smallest absolute Gasteiger partial charge is 0.222 e. The Hall–Kier alpha value is -2.73. The number of ketones is 1. The summed E-state index contributed by atoms with van der Waals surface area (Å²) in [7, 11) is 1.77. The van der Waals surface area contributed by atoms with E-state index in [9.17, 15) is 9.59 Å². The van der Waals surface area contributed by atoms with Crippen LogP contribution in [0.25, 0.3) is 11.3 Å². The van der Waals surface area contributed by atoms with Crippen molar-refractivity contribution in [1.29, 1.82) is 0 Å². The monoisotopic (exact) mass is 382 g/mol. The second kappa shape index (κ2) is 9.28. The van der Waals surface area contributed by atoms with Crippen LogP contribution >= 0.6 is 11.3 Å². The molecule has 0 N–H and O–H groups in total. The molecule has 1 aromatic carbocycles. The number of hydrogen-bond donors (Lipinski definition) is 0. The summed E-state index contributed by atoms with van der Waals surface area (Å²) in [5.74, 6) is 0.826. The van der Waals surface area contributed by atoms with Crippen LogP contribution in [0.3, 0.4) is 0 Å². The molecule has 0 aliphatic rings. The first-order valence-electron chi connectivity index (χ1n) is 8.95. The molecule has 3 aromatic rings. The summed E-state index contributed by atoms with van der Waals surface area (Å²) in [6, 6.07) is 15.5. The van der Waals surface area contributed by atoms with Gasteiger partial charge in [0.15, 0.2) is 5.78 Å². The summed E-state index contributed by atoms with van der Waals surface area (Å²) in [6.45, 7) is 0.618. The SMILES string of the molecule is CN(CCCc1cc(-c2ccccc2)no1)C(=O)CCC(=O)c1cccs1. The van der Waals surface area contributed by atoms with Crippen LogP contribution in [0, 0.1) is 0 Å². The number of amides is 1. The zero-order valence-corrected chi connectivity index (χ0v) is 16.1. The molecule has 1 amide bonds. The van der Waals surface area contributed by atoms with Gasteiger partial charge in [0.05, 0.1) is 4.88 Å². The molecule has 27 heavy (non-hydrogen) atoms. The van der Waals surface area contributed by atoms with Gasteiger partial charge in [-0.25, -0.2) is 0 Å². The van der Waals surface area contributed by atoms with E-state index in [-0.39, 0.29) is 24.5 Å². The van der Waals surface area contributed by atoms with Gasteiger partial charge in [-0.15, -0.1) is 11.3 Å². The first-order chi connectivity index (χ1) is 13.1. The third-order valence-corrected chi connectivity index (χ3v) is 5.24. The van der Waals surface area contributed by atoms with Gasteiger partial charge >= 0.3 is 0 Å². The summed E-state index contributed by atoms with van der Waals surface area (Å²) in [5, 5.41) is 5.97. The maximum Gasteiger partial charge on any atom is 0.222 e. The molecule has 2 heterocycles. The minimum Gasteiger partial charge on any atom is -0.361 e. The molecule has 0 aliphatic heterocycles. The Morgan fingerprint density at radius 2 is 1.93 bits per heavy atom. The van der Waals surface area contributed by atoms with E-state index in [1.165, 1.54) is 11.3 Å². The Morgan fingerprint density at radius 3 is 2.67 bits per heavy atom. The van der Waals surface area contributed by atoms with Gasteiger partial charge in [-0.2, -0.15) is 0 Å². The average Bonchev–Trinajstić information content (AvgIpc) is 3.38. The highest BCUT2D eigenvalue weighted by Crippen LogP contribution is 2.19. The number of Topliss-reactive ketones (excluding diaryl/α,β-unsaturated/α-hetero) is 1. The number of rotatable bonds is 9. The van der Waals surface area contributed by atoms with Crippen molar-refractivity contribution in [1.82, 2.24) is 10.1 Å². The van der Waals surface area contributed by atoms with Crippen LogP contribution < -0.4 is 0 Å². The van der Waals surface area contributed by atoms with Gasteiger partial charge in [0.25, 0.3) is 0 Å². The van der Waals surface area contributed by atoms with Crippen molar-refractivity contribution >= 4 is 23.0 Å². The molecule has 0 fully saturated rings. The number of benzene rings is 1. The summed E-state index contributed by atoms with van der Waals surface area (Å²) >= 11 is 1.41. The molecule has 0 radical (unpaired) electrons. The van der Waals surface area contributed by atoms with Crippen LogP contribution in [-0.2, 0) is 11.2 Å². The van der Waals surface area contributed by atoms with E-state index in [4.69, 9.17) is 4.52 Å². The van der Waals surface area contributed by atoms with E-state index in [1.54, 1.807) is 18.0 Å². The Balaban J connectivity index is 1.40. The number of thiophene rings is 1. The molecule has 2 aromatic heterocycles. The fourth-order valence-electron chi connectivity index (χ4n) is 2.76. The van der Waals surface area contributed by atoms with E-state index < -0.39 is 0 Å². The van der Waals surface area contributed by atoms with Crippen molar-refractivity contribution in [3.8, 4) is 11.3 Å². The van der Waals surface area contributed by atoms with Crippen LogP contribution in [-0.4, -0.2) is 35.3 Å². The average molecular weight is 382 g/mol. The second-order valence-corrected chi connectivity index (χ2v) is 7.31. The highest BCUT2D eigenvalue weighted by molar-refractivity contribution is 7.12. The zero-order chi connectivity index (χ0) is 19.1. The molecule has 0 aliphatic carbocycles. The topological polar surface area (TPSA) is 63.4 Å². The molecule has 0 saturated carbocycles. The fraction of sp³-hybridized carbons (Fsp3) is 0.286. The Morgan fingerprint density at radius 1 is 1.11 bits per heavy atom.